The van der Waals surface area contributed by atoms with Crippen molar-refractivity contribution >= 4 is 33.0 Å². The Hall–Kier alpha value is -2.51. The van der Waals surface area contributed by atoms with E-state index in [1.165, 1.54) is 45.4 Å². The number of hydrogen-bond donors (Lipinski definition) is 1. The van der Waals surface area contributed by atoms with Crippen LogP contribution in [0.5, 0.6) is 0 Å². The Balaban J connectivity index is 1.35. The van der Waals surface area contributed by atoms with Gasteiger partial charge in [-0.05, 0) is 80.0 Å². The molecule has 1 aliphatic carbocycles. The number of thiophene rings is 1. The molecular weight excluding hydrogens is 442 g/mol. The van der Waals surface area contributed by atoms with Gasteiger partial charge in [0.15, 0.2) is 5.65 Å². The van der Waals surface area contributed by atoms with Gasteiger partial charge in [-0.25, -0.2) is 9.50 Å². The highest BCUT2D eigenvalue weighted by Gasteiger charge is 2.42. The highest BCUT2D eigenvalue weighted by Crippen LogP contribution is 2.51. The lowest BCUT2D eigenvalue weighted by molar-refractivity contribution is -0.117. The number of carbonyl (C=O) groups is 1. The predicted octanol–water partition coefficient (Wildman–Crippen LogP) is 5.69. The molecule has 3 atom stereocenters. The van der Waals surface area contributed by atoms with Gasteiger partial charge in [-0.15, -0.1) is 11.3 Å². The average Bonchev–Trinajstić information content (AvgIpc) is 3.53. The average molecular weight is 476 g/mol. The topological polar surface area (TPSA) is 66.3 Å². The first-order valence-corrected chi connectivity index (χ1v) is 13.3. The number of fused-ring (bicyclic) bond motifs is 3. The van der Waals surface area contributed by atoms with E-state index >= 15 is 0 Å². The second-order valence-corrected chi connectivity index (χ2v) is 11.9. The van der Waals surface area contributed by atoms with Crippen LogP contribution in [-0.2, 0) is 4.79 Å². The number of aromatic amines is 1. The van der Waals surface area contributed by atoms with Gasteiger partial charge in [-0.3, -0.25) is 9.69 Å². The molecule has 0 unspecified atom stereocenters. The lowest BCUT2D eigenvalue weighted by Crippen LogP contribution is -2.27. The molecule has 6 rings (SSSR count). The first-order valence-electron chi connectivity index (χ1n) is 12.5. The number of likely N-dealkylation sites (tertiary alicyclic amines) is 1. The van der Waals surface area contributed by atoms with Crippen molar-refractivity contribution in [2.24, 2.45) is 11.8 Å². The van der Waals surface area contributed by atoms with Gasteiger partial charge in [0, 0.05) is 35.1 Å². The largest absolute Gasteiger partial charge is 0.346 e. The van der Waals surface area contributed by atoms with Gasteiger partial charge in [0.25, 0.3) is 0 Å². The highest BCUT2D eigenvalue weighted by atomic mass is 32.1. The minimum atomic E-state index is 0.287. The van der Waals surface area contributed by atoms with Crippen LogP contribution in [-0.4, -0.2) is 49.9 Å². The number of rotatable bonds is 5. The first kappa shape index (κ1) is 22.0. The maximum absolute atomic E-state index is 11.6. The number of ketones is 1. The third kappa shape index (κ3) is 3.43. The van der Waals surface area contributed by atoms with E-state index in [0.29, 0.717) is 18.4 Å². The summed E-state index contributed by atoms with van der Waals surface area (Å²) < 4.78 is 1.88. The standard InChI is InChI=1S/C27H33N5OS/c1-14(2)22-23-17(5)25(18-7-19-10-31(9-16(4)33)11-20(19)8-18)34-27(23)30-24(22)21-6-15(3)26-28-13-29-32(26)12-21/h6,12-14,18-20,30H,7-11H2,1-5H3/t18-,19+,20-. The molecule has 4 aromatic rings. The summed E-state index contributed by atoms with van der Waals surface area (Å²) in [5.74, 6) is 2.83. The quantitative estimate of drug-likeness (QED) is 0.402. The molecule has 4 aromatic heterocycles. The lowest BCUT2D eigenvalue weighted by atomic mass is 9.93. The van der Waals surface area contributed by atoms with E-state index in [2.05, 4.69) is 59.9 Å². The number of carbonyl (C=O) groups excluding carboxylic acids is 1. The number of aromatic nitrogens is 4. The van der Waals surface area contributed by atoms with E-state index in [9.17, 15) is 4.79 Å². The van der Waals surface area contributed by atoms with Crippen molar-refractivity contribution in [3.63, 3.8) is 0 Å². The second kappa shape index (κ2) is 8.02. The maximum Gasteiger partial charge on any atom is 0.158 e. The maximum atomic E-state index is 11.6. The van der Waals surface area contributed by atoms with Crippen molar-refractivity contribution in [2.75, 3.05) is 19.6 Å². The Kier molecular flexibility index (Phi) is 5.19. The Bertz CT molecular complexity index is 1400. The fourth-order valence-electron chi connectivity index (χ4n) is 6.73. The Morgan fingerprint density at radius 2 is 1.97 bits per heavy atom. The summed E-state index contributed by atoms with van der Waals surface area (Å²) in [6.07, 6.45) is 6.23. The van der Waals surface area contributed by atoms with Crippen LogP contribution in [0.1, 0.15) is 67.0 Å². The van der Waals surface area contributed by atoms with Crippen molar-refractivity contribution in [3.8, 4) is 11.3 Å². The van der Waals surface area contributed by atoms with Gasteiger partial charge in [0.2, 0.25) is 0 Å². The van der Waals surface area contributed by atoms with Crippen LogP contribution in [0.2, 0.25) is 0 Å². The summed E-state index contributed by atoms with van der Waals surface area (Å²) >= 11 is 1.97. The minimum absolute atomic E-state index is 0.287. The van der Waals surface area contributed by atoms with E-state index < -0.39 is 0 Å². The molecule has 7 heteroatoms. The number of pyridine rings is 1. The molecule has 2 fully saturated rings. The SMILES string of the molecule is CC(=O)CN1C[C@H]2C[C@H](c3sc4[nH]c(-c5cc(C)c6ncnn6c5)c(C(C)C)c4c3C)C[C@H]2C1. The number of aryl methyl sites for hydroxylation is 2. The fourth-order valence-corrected chi connectivity index (χ4v) is 8.08. The molecule has 0 amide bonds. The summed E-state index contributed by atoms with van der Waals surface area (Å²) in [6, 6.07) is 2.23. The summed E-state index contributed by atoms with van der Waals surface area (Å²) in [7, 11) is 0. The third-order valence-corrected chi connectivity index (χ3v) is 9.40. The summed E-state index contributed by atoms with van der Waals surface area (Å²) in [4.78, 5) is 25.0. The molecule has 1 saturated carbocycles. The number of nitrogens with zero attached hydrogens (tertiary/aromatic N) is 4. The Morgan fingerprint density at radius 1 is 1.24 bits per heavy atom. The zero-order valence-electron chi connectivity index (χ0n) is 20.7. The third-order valence-electron chi connectivity index (χ3n) is 8.03. The lowest BCUT2D eigenvalue weighted by Gasteiger charge is -2.17. The van der Waals surface area contributed by atoms with Gasteiger partial charge in [-0.2, -0.15) is 5.10 Å². The smallest absolute Gasteiger partial charge is 0.158 e. The summed E-state index contributed by atoms with van der Waals surface area (Å²) in [5, 5.41) is 5.81. The molecule has 6 nitrogen and oxygen atoms in total. The molecule has 1 N–H and O–H groups in total. The predicted molar refractivity (Wildman–Crippen MR) is 138 cm³/mol. The first-order chi connectivity index (χ1) is 16.3. The molecule has 2 aliphatic rings. The van der Waals surface area contributed by atoms with Crippen molar-refractivity contribution in [1.29, 1.82) is 0 Å². The Morgan fingerprint density at radius 3 is 2.65 bits per heavy atom. The molecule has 34 heavy (non-hydrogen) atoms. The molecule has 0 bridgehead atoms. The van der Waals surface area contributed by atoms with Crippen LogP contribution in [0.15, 0.2) is 18.6 Å². The molecule has 0 radical (unpaired) electrons. The van der Waals surface area contributed by atoms with Crippen LogP contribution in [0.25, 0.3) is 27.1 Å². The molecule has 5 heterocycles. The fraction of sp³-hybridized carbons (Fsp3) is 0.519. The summed E-state index contributed by atoms with van der Waals surface area (Å²) in [5.41, 5.74) is 7.32. The monoisotopic (exact) mass is 475 g/mol. The Labute approximate surface area is 204 Å². The van der Waals surface area contributed by atoms with Crippen LogP contribution in [0.3, 0.4) is 0 Å². The normalized spacial score (nSPS) is 23.1. The zero-order valence-corrected chi connectivity index (χ0v) is 21.5. The number of hydrogen-bond acceptors (Lipinski definition) is 5. The van der Waals surface area contributed by atoms with E-state index in [1.54, 1.807) is 18.1 Å². The van der Waals surface area contributed by atoms with Gasteiger partial charge in [-0.1, -0.05) is 13.8 Å². The van der Waals surface area contributed by atoms with Crippen LogP contribution in [0.4, 0.5) is 0 Å². The second-order valence-electron chi connectivity index (χ2n) is 10.9. The van der Waals surface area contributed by atoms with Crippen LogP contribution < -0.4 is 0 Å². The molecule has 0 spiro atoms. The summed E-state index contributed by atoms with van der Waals surface area (Å²) in [6.45, 7) is 13.5. The van der Waals surface area contributed by atoms with Gasteiger partial charge < -0.3 is 4.98 Å². The van der Waals surface area contributed by atoms with Crippen molar-refractivity contribution in [2.45, 2.75) is 59.3 Å². The zero-order chi connectivity index (χ0) is 23.7. The highest BCUT2D eigenvalue weighted by molar-refractivity contribution is 7.19. The molecule has 1 saturated heterocycles. The van der Waals surface area contributed by atoms with E-state index in [0.717, 1.165) is 36.1 Å². The van der Waals surface area contributed by atoms with Gasteiger partial charge >= 0.3 is 0 Å². The minimum Gasteiger partial charge on any atom is -0.346 e. The van der Waals surface area contributed by atoms with Crippen molar-refractivity contribution in [1.82, 2.24) is 24.5 Å². The van der Waals surface area contributed by atoms with E-state index in [4.69, 9.17) is 0 Å². The number of Topliss-reactive ketones (excluding diaryl/α,β-unsaturated/α-hetero) is 1. The van der Waals surface area contributed by atoms with E-state index in [-0.39, 0.29) is 5.78 Å². The van der Waals surface area contributed by atoms with Crippen LogP contribution >= 0.6 is 11.3 Å². The van der Waals surface area contributed by atoms with Gasteiger partial charge in [0.1, 0.15) is 16.9 Å². The van der Waals surface area contributed by atoms with Gasteiger partial charge in [0.05, 0.1) is 12.2 Å². The number of H-pyrrole nitrogens is 1. The number of nitrogens with one attached hydrogen (secondary N) is 1. The molecule has 0 aromatic carbocycles. The van der Waals surface area contributed by atoms with Crippen molar-refractivity contribution < 1.29 is 4.79 Å². The van der Waals surface area contributed by atoms with Crippen LogP contribution in [0, 0.1) is 25.7 Å². The van der Waals surface area contributed by atoms with E-state index in [1.807, 2.05) is 15.9 Å². The molecular formula is C27H33N5OS. The molecule has 178 valence electrons. The molecule has 1 aliphatic heterocycles. The van der Waals surface area contributed by atoms with Crippen molar-refractivity contribution in [3.05, 3.63) is 40.2 Å².